The third kappa shape index (κ3) is 4.13. The fourth-order valence-corrected chi connectivity index (χ4v) is 3.28. The quantitative estimate of drug-likeness (QED) is 0.482. The van der Waals surface area contributed by atoms with E-state index in [1.807, 2.05) is 31.2 Å². The number of rotatable bonds is 7. The standard InChI is InChI=1S/C22H21N3O4/c1-16-5-2-8-19-21(16)23-15-24(22(19)27)10-9-20(26)25(13-17-6-3-11-28-17)14-18-7-4-12-29-18/h2-8,11-12,15H,9-10,13-14H2,1H3. The van der Waals surface area contributed by atoms with E-state index in [9.17, 15) is 9.59 Å². The zero-order chi connectivity index (χ0) is 20.2. The minimum absolute atomic E-state index is 0.103. The summed E-state index contributed by atoms with van der Waals surface area (Å²) in [5, 5.41) is 0.558. The second kappa shape index (κ2) is 8.18. The lowest BCUT2D eigenvalue weighted by atomic mass is 10.1. The van der Waals surface area contributed by atoms with Crippen LogP contribution in [0.3, 0.4) is 0 Å². The fraction of sp³-hybridized carbons (Fsp3) is 0.227. The molecule has 1 aromatic carbocycles. The molecule has 0 saturated carbocycles. The molecule has 0 N–H and O–H groups in total. The van der Waals surface area contributed by atoms with Gasteiger partial charge in [-0.1, -0.05) is 12.1 Å². The van der Waals surface area contributed by atoms with Gasteiger partial charge in [0.2, 0.25) is 5.91 Å². The zero-order valence-electron chi connectivity index (χ0n) is 16.1. The lowest BCUT2D eigenvalue weighted by molar-refractivity contribution is -0.133. The second-order valence-electron chi connectivity index (χ2n) is 6.87. The van der Waals surface area contributed by atoms with Gasteiger partial charge in [-0.15, -0.1) is 0 Å². The van der Waals surface area contributed by atoms with Crippen molar-refractivity contribution in [3.05, 3.63) is 88.8 Å². The number of hydrogen-bond acceptors (Lipinski definition) is 5. The number of carbonyl (C=O) groups is 1. The largest absolute Gasteiger partial charge is 0.467 e. The number of benzene rings is 1. The molecule has 0 bridgehead atoms. The first-order valence-corrected chi connectivity index (χ1v) is 9.39. The van der Waals surface area contributed by atoms with Crippen LogP contribution >= 0.6 is 0 Å². The van der Waals surface area contributed by atoms with E-state index in [1.165, 1.54) is 10.9 Å². The predicted molar refractivity (Wildman–Crippen MR) is 107 cm³/mol. The van der Waals surface area contributed by atoms with Gasteiger partial charge in [0.05, 0.1) is 42.8 Å². The highest BCUT2D eigenvalue weighted by Gasteiger charge is 2.18. The lowest BCUT2D eigenvalue weighted by Gasteiger charge is -2.21. The first kappa shape index (κ1) is 18.7. The number of carbonyl (C=O) groups excluding carboxylic acids is 1. The Balaban J connectivity index is 1.51. The molecule has 3 aromatic heterocycles. The highest BCUT2D eigenvalue weighted by molar-refractivity contribution is 5.80. The van der Waals surface area contributed by atoms with Crippen LogP contribution in [0.5, 0.6) is 0 Å². The number of para-hydroxylation sites is 1. The van der Waals surface area contributed by atoms with E-state index in [1.54, 1.807) is 35.6 Å². The first-order valence-electron chi connectivity index (χ1n) is 9.39. The van der Waals surface area contributed by atoms with Gasteiger partial charge >= 0.3 is 0 Å². The summed E-state index contributed by atoms with van der Waals surface area (Å²) in [7, 11) is 0. The number of nitrogens with zero attached hydrogens (tertiary/aromatic N) is 3. The fourth-order valence-electron chi connectivity index (χ4n) is 3.28. The van der Waals surface area contributed by atoms with Gasteiger partial charge in [0.15, 0.2) is 0 Å². The zero-order valence-corrected chi connectivity index (χ0v) is 16.1. The van der Waals surface area contributed by atoms with Gasteiger partial charge < -0.3 is 13.7 Å². The summed E-state index contributed by atoms with van der Waals surface area (Å²) in [5.41, 5.74) is 1.50. The average molecular weight is 391 g/mol. The summed E-state index contributed by atoms with van der Waals surface area (Å²) >= 11 is 0. The molecule has 0 aliphatic heterocycles. The molecule has 0 aliphatic carbocycles. The minimum atomic E-state index is -0.143. The van der Waals surface area contributed by atoms with Crippen LogP contribution in [0.15, 0.2) is 74.9 Å². The molecular weight excluding hydrogens is 370 g/mol. The molecule has 4 rings (SSSR count). The molecule has 0 fully saturated rings. The highest BCUT2D eigenvalue weighted by Crippen LogP contribution is 2.14. The van der Waals surface area contributed by atoms with Gasteiger partial charge in [-0.3, -0.25) is 14.2 Å². The molecule has 7 nitrogen and oxygen atoms in total. The van der Waals surface area contributed by atoms with Crippen molar-refractivity contribution < 1.29 is 13.6 Å². The Labute approximate surface area is 167 Å². The van der Waals surface area contributed by atoms with Crippen molar-refractivity contribution in [2.45, 2.75) is 33.0 Å². The van der Waals surface area contributed by atoms with Crippen LogP contribution in [0.25, 0.3) is 10.9 Å². The molecule has 4 aromatic rings. The van der Waals surface area contributed by atoms with Gasteiger partial charge in [-0.25, -0.2) is 4.98 Å². The summed E-state index contributed by atoms with van der Waals surface area (Å²) in [6.45, 7) is 2.83. The van der Waals surface area contributed by atoms with E-state index in [0.717, 1.165) is 5.56 Å². The monoisotopic (exact) mass is 391 g/mol. The molecule has 29 heavy (non-hydrogen) atoms. The molecule has 0 aliphatic rings. The summed E-state index contributed by atoms with van der Waals surface area (Å²) in [5.74, 6) is 1.27. The van der Waals surface area contributed by atoms with Crippen molar-refractivity contribution in [3.63, 3.8) is 0 Å². The number of amides is 1. The van der Waals surface area contributed by atoms with Crippen molar-refractivity contribution in [2.75, 3.05) is 0 Å². The van der Waals surface area contributed by atoms with E-state index in [4.69, 9.17) is 8.83 Å². The number of hydrogen-bond donors (Lipinski definition) is 0. The summed E-state index contributed by atoms with van der Waals surface area (Å²) in [4.78, 5) is 31.7. The van der Waals surface area contributed by atoms with Gasteiger partial charge in [-0.2, -0.15) is 0 Å². The topological polar surface area (TPSA) is 81.5 Å². The van der Waals surface area contributed by atoms with Gasteiger partial charge in [-0.05, 0) is 42.8 Å². The maximum atomic E-state index is 12.9. The van der Waals surface area contributed by atoms with Crippen molar-refractivity contribution in [1.82, 2.24) is 14.5 Å². The van der Waals surface area contributed by atoms with Crippen LogP contribution in [0, 0.1) is 6.92 Å². The van der Waals surface area contributed by atoms with Gasteiger partial charge in [0, 0.05) is 13.0 Å². The van der Waals surface area contributed by atoms with Crippen molar-refractivity contribution in [3.8, 4) is 0 Å². The second-order valence-corrected chi connectivity index (χ2v) is 6.87. The third-order valence-corrected chi connectivity index (χ3v) is 4.83. The predicted octanol–water partition coefficient (Wildman–Crippen LogP) is 3.51. The maximum absolute atomic E-state index is 12.9. The highest BCUT2D eigenvalue weighted by atomic mass is 16.3. The maximum Gasteiger partial charge on any atom is 0.261 e. The van der Waals surface area contributed by atoms with Crippen molar-refractivity contribution in [1.29, 1.82) is 0 Å². The Morgan fingerprint density at radius 2 is 1.72 bits per heavy atom. The number of aryl methyl sites for hydroxylation is 2. The van der Waals surface area contributed by atoms with Crippen LogP contribution in [-0.4, -0.2) is 20.4 Å². The van der Waals surface area contributed by atoms with Gasteiger partial charge in [0.1, 0.15) is 11.5 Å². The Morgan fingerprint density at radius 1 is 1.03 bits per heavy atom. The molecule has 3 heterocycles. The van der Waals surface area contributed by atoms with Crippen LogP contribution in [-0.2, 0) is 24.4 Å². The smallest absolute Gasteiger partial charge is 0.261 e. The minimum Gasteiger partial charge on any atom is -0.467 e. The molecule has 0 atom stereocenters. The molecular formula is C22H21N3O4. The van der Waals surface area contributed by atoms with E-state index < -0.39 is 0 Å². The first-order chi connectivity index (χ1) is 14.1. The Kier molecular flexibility index (Phi) is 5.29. The molecule has 0 saturated heterocycles. The van der Waals surface area contributed by atoms with Gasteiger partial charge in [0.25, 0.3) is 5.56 Å². The van der Waals surface area contributed by atoms with Crippen molar-refractivity contribution >= 4 is 16.8 Å². The Hall–Kier alpha value is -3.61. The molecule has 0 unspecified atom stereocenters. The van der Waals surface area contributed by atoms with E-state index in [-0.39, 0.29) is 24.4 Å². The summed E-state index contributed by atoms with van der Waals surface area (Å²) in [6.07, 6.45) is 4.83. The van der Waals surface area contributed by atoms with Crippen LogP contribution in [0.4, 0.5) is 0 Å². The third-order valence-electron chi connectivity index (χ3n) is 4.83. The van der Waals surface area contributed by atoms with Crippen molar-refractivity contribution in [2.24, 2.45) is 0 Å². The summed E-state index contributed by atoms with van der Waals surface area (Å²) < 4.78 is 12.3. The molecule has 7 heteroatoms. The molecule has 148 valence electrons. The number of fused-ring (bicyclic) bond motifs is 1. The SMILES string of the molecule is Cc1cccc2c(=O)n(CCC(=O)N(Cc3ccco3)Cc3ccco3)cnc12. The lowest BCUT2D eigenvalue weighted by Crippen LogP contribution is -2.32. The average Bonchev–Trinajstić information content (AvgIpc) is 3.42. The van der Waals surface area contributed by atoms with E-state index in [2.05, 4.69) is 4.98 Å². The molecule has 0 radical (unpaired) electrons. The molecule has 0 spiro atoms. The van der Waals surface area contributed by atoms with Crippen LogP contribution in [0.2, 0.25) is 0 Å². The normalized spacial score (nSPS) is 11.1. The number of furan rings is 2. The van der Waals surface area contributed by atoms with E-state index in [0.29, 0.717) is 35.5 Å². The number of aromatic nitrogens is 2. The van der Waals surface area contributed by atoms with E-state index >= 15 is 0 Å². The van der Waals surface area contributed by atoms with Crippen LogP contribution < -0.4 is 5.56 Å². The van der Waals surface area contributed by atoms with Crippen LogP contribution in [0.1, 0.15) is 23.5 Å². The Morgan fingerprint density at radius 3 is 2.34 bits per heavy atom. The molecule has 1 amide bonds. The Bertz CT molecular complexity index is 1120. The summed E-state index contributed by atoms with van der Waals surface area (Å²) in [6, 6.07) is 12.7.